The topological polar surface area (TPSA) is 198 Å². The van der Waals surface area contributed by atoms with Crippen LogP contribution in [0.15, 0.2) is 12.7 Å². The zero-order chi connectivity index (χ0) is 22.9. The minimum absolute atomic E-state index is 0. The first-order valence-corrected chi connectivity index (χ1v) is 11.7. The third kappa shape index (κ3) is 6.01. The number of ether oxygens (including phenoxy) is 2. The molecule has 0 radical (unpaired) electrons. The summed E-state index contributed by atoms with van der Waals surface area (Å²) in [7, 11) is -4.53. The molecule has 0 spiro atoms. The van der Waals surface area contributed by atoms with E-state index in [-0.39, 0.29) is 59.8 Å². The van der Waals surface area contributed by atoms with E-state index in [0.29, 0.717) is 30.4 Å². The van der Waals surface area contributed by atoms with E-state index >= 15 is 0 Å². The van der Waals surface area contributed by atoms with E-state index in [1.807, 2.05) is 13.8 Å². The van der Waals surface area contributed by atoms with Crippen LogP contribution in [0.25, 0.3) is 11.2 Å². The molecule has 14 nitrogen and oxygen atoms in total. The first-order chi connectivity index (χ1) is 15.3. The SMILES string of the molecule is CCCC(=O)Nc1ncnc2c1ncn2C1OC2OP(=O)([O-])OCC2C1OC(=O)CCC.O.[Na+]. The van der Waals surface area contributed by atoms with Crippen molar-refractivity contribution in [2.75, 3.05) is 11.9 Å². The summed E-state index contributed by atoms with van der Waals surface area (Å²) in [5, 5.41) is 2.70. The van der Waals surface area contributed by atoms with E-state index in [2.05, 4.69) is 20.3 Å². The number of nitrogens with zero attached hydrogens (tertiary/aromatic N) is 4. The molecule has 5 atom stereocenters. The maximum absolute atomic E-state index is 12.2. The van der Waals surface area contributed by atoms with Gasteiger partial charge in [0, 0.05) is 12.8 Å². The van der Waals surface area contributed by atoms with E-state index in [9.17, 15) is 19.0 Å². The van der Waals surface area contributed by atoms with Crippen molar-refractivity contribution >= 4 is 36.7 Å². The summed E-state index contributed by atoms with van der Waals surface area (Å²) in [6.45, 7) is 3.46. The molecule has 2 aromatic heterocycles. The van der Waals surface area contributed by atoms with Gasteiger partial charge < -0.3 is 29.7 Å². The maximum atomic E-state index is 12.2. The van der Waals surface area contributed by atoms with Crippen molar-refractivity contribution in [2.24, 2.45) is 5.92 Å². The molecule has 0 aliphatic carbocycles. The van der Waals surface area contributed by atoms with Crippen LogP contribution in [0.3, 0.4) is 0 Å². The number of amides is 1. The second-order valence-corrected chi connectivity index (χ2v) is 8.82. The summed E-state index contributed by atoms with van der Waals surface area (Å²) < 4.78 is 34.4. The molecule has 2 fully saturated rings. The van der Waals surface area contributed by atoms with Gasteiger partial charge in [-0.3, -0.25) is 23.2 Å². The number of phosphoric ester groups is 1. The van der Waals surface area contributed by atoms with Gasteiger partial charge in [-0.2, -0.15) is 0 Å². The van der Waals surface area contributed by atoms with Gasteiger partial charge in [0.05, 0.1) is 18.9 Å². The molecule has 0 aromatic carbocycles. The fourth-order valence-electron chi connectivity index (χ4n) is 3.63. The molecule has 2 saturated heterocycles. The smallest absolute Gasteiger partial charge is 0.756 e. The Hall–Kier alpha value is -1.48. The Bertz CT molecular complexity index is 1070. The molecular formula is C18H25N5NaO9P. The third-order valence-corrected chi connectivity index (χ3v) is 6.01. The van der Waals surface area contributed by atoms with Crippen LogP contribution in [-0.4, -0.2) is 55.9 Å². The van der Waals surface area contributed by atoms with Crippen molar-refractivity contribution in [2.45, 2.75) is 58.2 Å². The molecule has 34 heavy (non-hydrogen) atoms. The summed E-state index contributed by atoms with van der Waals surface area (Å²) in [5.41, 5.74) is 0.610. The van der Waals surface area contributed by atoms with Crippen LogP contribution in [0.5, 0.6) is 0 Å². The fraction of sp³-hybridized carbons (Fsp3) is 0.611. The monoisotopic (exact) mass is 509 g/mol. The summed E-state index contributed by atoms with van der Waals surface area (Å²) in [5.74, 6) is -1.13. The van der Waals surface area contributed by atoms with Crippen LogP contribution in [0.2, 0.25) is 0 Å². The molecule has 4 heterocycles. The van der Waals surface area contributed by atoms with E-state index in [1.54, 1.807) is 0 Å². The fourth-order valence-corrected chi connectivity index (χ4v) is 4.51. The number of hydrogen-bond acceptors (Lipinski definition) is 11. The Morgan fingerprint density at radius 1 is 1.26 bits per heavy atom. The van der Waals surface area contributed by atoms with Crippen LogP contribution in [0, 0.1) is 5.92 Å². The normalized spacial score (nSPS) is 27.9. The number of phosphoric acid groups is 1. The first kappa shape index (κ1) is 28.8. The van der Waals surface area contributed by atoms with E-state index < -0.39 is 38.3 Å². The quantitative estimate of drug-likeness (QED) is 0.234. The zero-order valence-corrected chi connectivity index (χ0v) is 21.9. The van der Waals surface area contributed by atoms with Crippen molar-refractivity contribution in [3.63, 3.8) is 0 Å². The number of rotatable bonds is 7. The second kappa shape index (κ2) is 12.0. The van der Waals surface area contributed by atoms with Crippen molar-refractivity contribution in [1.82, 2.24) is 19.5 Å². The molecule has 16 heteroatoms. The molecule has 182 valence electrons. The van der Waals surface area contributed by atoms with Gasteiger partial charge >= 0.3 is 35.5 Å². The molecule has 5 unspecified atom stereocenters. The van der Waals surface area contributed by atoms with Crippen molar-refractivity contribution < 1.29 is 72.6 Å². The number of imidazole rings is 1. The van der Waals surface area contributed by atoms with Crippen LogP contribution >= 0.6 is 7.82 Å². The molecular weight excluding hydrogens is 484 g/mol. The number of hydrogen-bond donors (Lipinski definition) is 1. The maximum Gasteiger partial charge on any atom is 1.00 e. The number of nitrogens with one attached hydrogen (secondary N) is 1. The molecule has 4 rings (SSSR count). The van der Waals surface area contributed by atoms with Crippen LogP contribution in [-0.2, 0) is 32.7 Å². The number of esters is 1. The van der Waals surface area contributed by atoms with Crippen LogP contribution < -0.4 is 39.8 Å². The largest absolute Gasteiger partial charge is 1.00 e. The molecule has 0 bridgehead atoms. The zero-order valence-electron chi connectivity index (χ0n) is 19.0. The summed E-state index contributed by atoms with van der Waals surface area (Å²) in [6, 6.07) is 0. The average Bonchev–Trinajstić information content (AvgIpc) is 3.29. The summed E-state index contributed by atoms with van der Waals surface area (Å²) >= 11 is 0. The van der Waals surface area contributed by atoms with Gasteiger partial charge in [0.1, 0.15) is 6.33 Å². The van der Waals surface area contributed by atoms with Gasteiger partial charge in [-0.1, -0.05) is 13.8 Å². The molecule has 2 aromatic rings. The Balaban J connectivity index is 0.00000204. The van der Waals surface area contributed by atoms with Gasteiger partial charge in [-0.05, 0) is 12.8 Å². The van der Waals surface area contributed by atoms with Gasteiger partial charge in [-0.15, -0.1) is 0 Å². The van der Waals surface area contributed by atoms with E-state index in [0.717, 1.165) is 0 Å². The Labute approximate surface area is 216 Å². The molecule has 2 aliphatic rings. The Kier molecular flexibility index (Phi) is 10.1. The molecule has 2 aliphatic heterocycles. The van der Waals surface area contributed by atoms with Gasteiger partial charge in [0.2, 0.25) is 5.91 Å². The summed E-state index contributed by atoms with van der Waals surface area (Å²) in [6.07, 6.45) is 1.32. The summed E-state index contributed by atoms with van der Waals surface area (Å²) in [4.78, 5) is 48.6. The predicted molar refractivity (Wildman–Crippen MR) is 109 cm³/mol. The van der Waals surface area contributed by atoms with Crippen molar-refractivity contribution in [3.8, 4) is 0 Å². The average molecular weight is 509 g/mol. The van der Waals surface area contributed by atoms with Gasteiger partial charge in [-0.25, -0.2) is 15.0 Å². The van der Waals surface area contributed by atoms with Crippen LogP contribution in [0.4, 0.5) is 5.82 Å². The van der Waals surface area contributed by atoms with Gasteiger partial charge in [0.25, 0.3) is 7.82 Å². The van der Waals surface area contributed by atoms with E-state index in [4.69, 9.17) is 18.5 Å². The number of carbonyl (C=O) groups is 2. The standard InChI is InChI=1S/C18H24N5O8P.Na.H2O/c1-3-5-11(24)22-15-13-16(20-8-19-15)23(9-21-13)17-14(29-12(25)6-4-2)10-7-28-32(26,27)31-18(10)30-17;;/h8-10,14,17-18H,3-7H2,1-2H3,(H,26,27)(H,19,20,22,24);;1H2/q;+1;/p-1. The third-order valence-electron chi connectivity index (χ3n) is 5.07. The molecule has 3 N–H and O–H groups in total. The number of aromatic nitrogens is 4. The number of carbonyl (C=O) groups excluding carboxylic acids is 2. The first-order valence-electron chi connectivity index (χ1n) is 10.3. The van der Waals surface area contributed by atoms with Crippen molar-refractivity contribution in [3.05, 3.63) is 12.7 Å². The predicted octanol–water partition coefficient (Wildman–Crippen LogP) is -2.56. The number of anilines is 1. The number of fused-ring (bicyclic) bond motifs is 2. The van der Waals surface area contributed by atoms with Crippen LogP contribution in [0.1, 0.15) is 45.8 Å². The van der Waals surface area contributed by atoms with E-state index in [1.165, 1.54) is 17.2 Å². The Morgan fingerprint density at radius 3 is 2.71 bits per heavy atom. The van der Waals surface area contributed by atoms with Gasteiger partial charge in [0.15, 0.2) is 35.6 Å². The molecule has 1 amide bonds. The minimum atomic E-state index is -4.53. The Morgan fingerprint density at radius 2 is 2.00 bits per heavy atom. The van der Waals surface area contributed by atoms with Crippen molar-refractivity contribution in [1.29, 1.82) is 0 Å². The molecule has 0 saturated carbocycles. The minimum Gasteiger partial charge on any atom is -0.756 e. The second-order valence-electron chi connectivity index (χ2n) is 7.46.